The maximum absolute atomic E-state index is 12.7. The van der Waals surface area contributed by atoms with Crippen LogP contribution < -0.4 is 10.5 Å². The van der Waals surface area contributed by atoms with Crippen LogP contribution in [-0.2, 0) is 19.1 Å². The van der Waals surface area contributed by atoms with Gasteiger partial charge in [0.15, 0.2) is 0 Å². The highest BCUT2D eigenvalue weighted by molar-refractivity contribution is 5.97. The summed E-state index contributed by atoms with van der Waals surface area (Å²) in [6.07, 6.45) is -0.0436. The predicted octanol–water partition coefficient (Wildman–Crippen LogP) is 4.67. The molecule has 3 aromatic rings. The molecule has 1 aliphatic rings. The highest BCUT2D eigenvalue weighted by Crippen LogP contribution is 2.43. The third-order valence-corrected chi connectivity index (χ3v) is 5.49. The van der Waals surface area contributed by atoms with Gasteiger partial charge in [0.2, 0.25) is 5.88 Å². The number of hydrogen-bond acceptors (Lipinski definition) is 6. The Morgan fingerprint density at radius 2 is 1.72 bits per heavy atom. The number of nitrogens with two attached hydrogens (primary N) is 1. The van der Waals surface area contributed by atoms with Crippen molar-refractivity contribution in [1.29, 1.82) is 0 Å². The van der Waals surface area contributed by atoms with E-state index in [1.807, 2.05) is 42.5 Å². The molecule has 6 heteroatoms. The first-order valence-electron chi connectivity index (χ1n) is 10.7. The van der Waals surface area contributed by atoms with Crippen LogP contribution in [0.15, 0.2) is 72.1 Å². The average Bonchev–Trinajstić information content (AvgIpc) is 2.79. The summed E-state index contributed by atoms with van der Waals surface area (Å²) in [5.41, 5.74) is 8.92. The fourth-order valence-electron chi connectivity index (χ4n) is 4.11. The summed E-state index contributed by atoms with van der Waals surface area (Å²) in [7, 11) is 0. The van der Waals surface area contributed by atoms with E-state index >= 15 is 0 Å². The van der Waals surface area contributed by atoms with Crippen molar-refractivity contribution in [2.75, 3.05) is 13.2 Å². The lowest BCUT2D eigenvalue weighted by Gasteiger charge is -2.28. The first kappa shape index (κ1) is 21.4. The van der Waals surface area contributed by atoms with E-state index in [2.05, 4.69) is 18.2 Å². The molecule has 0 fully saturated rings. The molecular weight excluding hydrogens is 406 g/mol. The maximum atomic E-state index is 12.7. The van der Waals surface area contributed by atoms with Gasteiger partial charge in [-0.15, -0.1) is 0 Å². The highest BCUT2D eigenvalue weighted by Gasteiger charge is 2.36. The first-order chi connectivity index (χ1) is 15.5. The Morgan fingerprint density at radius 3 is 2.50 bits per heavy atom. The molecule has 6 nitrogen and oxygen atoms in total. The Hall–Kier alpha value is -3.80. The second-order valence-corrected chi connectivity index (χ2v) is 7.44. The molecule has 4 rings (SSSR count). The molecule has 1 atom stereocenters. The summed E-state index contributed by atoms with van der Waals surface area (Å²) >= 11 is 0. The van der Waals surface area contributed by atoms with E-state index in [0.717, 1.165) is 21.9 Å². The molecule has 3 aromatic carbocycles. The summed E-state index contributed by atoms with van der Waals surface area (Å²) < 4.78 is 16.1. The molecule has 0 amide bonds. The molecule has 2 N–H and O–H groups in total. The summed E-state index contributed by atoms with van der Waals surface area (Å²) in [5.74, 6) is -1.19. The molecule has 32 heavy (non-hydrogen) atoms. The smallest absolute Gasteiger partial charge is 0.340 e. The van der Waals surface area contributed by atoms with Crippen molar-refractivity contribution in [2.45, 2.75) is 26.2 Å². The van der Waals surface area contributed by atoms with Gasteiger partial charge in [-0.2, -0.15) is 0 Å². The number of fused-ring (bicyclic) bond motifs is 2. The van der Waals surface area contributed by atoms with E-state index in [-0.39, 0.29) is 31.1 Å². The topological polar surface area (TPSA) is 87.9 Å². The fraction of sp³-hybridized carbons (Fsp3) is 0.231. The largest absolute Gasteiger partial charge is 0.466 e. The maximum Gasteiger partial charge on any atom is 0.340 e. The van der Waals surface area contributed by atoms with Crippen LogP contribution in [0.5, 0.6) is 5.75 Å². The molecule has 0 aliphatic carbocycles. The van der Waals surface area contributed by atoms with Crippen LogP contribution in [0.25, 0.3) is 21.9 Å². The molecule has 164 valence electrons. The van der Waals surface area contributed by atoms with E-state index < -0.39 is 17.9 Å². The summed E-state index contributed by atoms with van der Waals surface area (Å²) in [6, 6.07) is 20.0. The Balaban J connectivity index is 1.84. The van der Waals surface area contributed by atoms with Crippen LogP contribution in [-0.4, -0.2) is 25.2 Å². The van der Waals surface area contributed by atoms with Gasteiger partial charge in [0.25, 0.3) is 0 Å². The van der Waals surface area contributed by atoms with E-state index in [0.29, 0.717) is 11.3 Å². The first-order valence-corrected chi connectivity index (χ1v) is 10.7. The van der Waals surface area contributed by atoms with E-state index in [1.165, 1.54) is 0 Å². The van der Waals surface area contributed by atoms with E-state index in [4.69, 9.17) is 19.9 Å². The summed E-state index contributed by atoms with van der Waals surface area (Å²) in [4.78, 5) is 25.1. The standard InChI is InChI=1S/C26H25NO5/c1-3-30-23(28)15-21-20-14-17(19-11-7-9-16-8-5-6-10-18(16)19)12-13-22(20)32-25(27)24(21)26(29)31-4-2/h5-14,21H,3-4,15,27H2,1-2H3. The second kappa shape index (κ2) is 9.14. The molecule has 0 aromatic heterocycles. The van der Waals surface area contributed by atoms with Gasteiger partial charge in [-0.05, 0) is 47.9 Å². The van der Waals surface area contributed by atoms with Crippen LogP contribution in [0.3, 0.4) is 0 Å². The molecule has 1 unspecified atom stereocenters. The quantitative estimate of drug-likeness (QED) is 0.571. The third-order valence-electron chi connectivity index (χ3n) is 5.49. The zero-order chi connectivity index (χ0) is 22.7. The van der Waals surface area contributed by atoms with E-state index in [9.17, 15) is 9.59 Å². The highest BCUT2D eigenvalue weighted by atomic mass is 16.5. The van der Waals surface area contributed by atoms with Crippen molar-refractivity contribution in [3.63, 3.8) is 0 Å². The average molecular weight is 431 g/mol. The van der Waals surface area contributed by atoms with Gasteiger partial charge in [-0.25, -0.2) is 4.79 Å². The van der Waals surface area contributed by atoms with Gasteiger partial charge >= 0.3 is 11.9 Å². The van der Waals surface area contributed by atoms with Gasteiger partial charge in [0.05, 0.1) is 19.6 Å². The number of benzene rings is 3. The lowest BCUT2D eigenvalue weighted by molar-refractivity contribution is -0.143. The second-order valence-electron chi connectivity index (χ2n) is 7.44. The van der Waals surface area contributed by atoms with Gasteiger partial charge < -0.3 is 19.9 Å². The zero-order valence-electron chi connectivity index (χ0n) is 18.1. The lowest BCUT2D eigenvalue weighted by Crippen LogP contribution is -2.28. The van der Waals surface area contributed by atoms with Crippen molar-refractivity contribution in [3.05, 3.63) is 77.7 Å². The van der Waals surface area contributed by atoms with Crippen molar-refractivity contribution >= 4 is 22.7 Å². The molecule has 0 radical (unpaired) electrons. The monoisotopic (exact) mass is 431 g/mol. The third kappa shape index (κ3) is 4.04. The number of rotatable bonds is 6. The number of carbonyl (C=O) groups excluding carboxylic acids is 2. The fourth-order valence-corrected chi connectivity index (χ4v) is 4.11. The van der Waals surface area contributed by atoms with E-state index in [1.54, 1.807) is 13.8 Å². The Labute approximate surface area is 186 Å². The summed E-state index contributed by atoms with van der Waals surface area (Å²) in [5, 5.41) is 2.23. The van der Waals surface area contributed by atoms with Crippen molar-refractivity contribution in [2.24, 2.45) is 5.73 Å². The summed E-state index contributed by atoms with van der Waals surface area (Å²) in [6.45, 7) is 3.89. The number of esters is 2. The number of carbonyl (C=O) groups is 2. The normalized spacial score (nSPS) is 15.1. The Kier molecular flexibility index (Phi) is 6.12. The molecular formula is C26H25NO5. The van der Waals surface area contributed by atoms with Crippen molar-refractivity contribution in [1.82, 2.24) is 0 Å². The molecule has 0 bridgehead atoms. The SMILES string of the molecule is CCOC(=O)CC1C(C(=O)OCC)=C(N)Oc2ccc(-c3cccc4ccccc34)cc21. The van der Waals surface area contributed by atoms with Gasteiger partial charge in [0.1, 0.15) is 11.3 Å². The van der Waals surface area contributed by atoms with Gasteiger partial charge in [-0.1, -0.05) is 48.5 Å². The van der Waals surface area contributed by atoms with Gasteiger partial charge in [-0.3, -0.25) is 4.79 Å². The van der Waals surface area contributed by atoms with Crippen LogP contribution in [0.4, 0.5) is 0 Å². The minimum absolute atomic E-state index is 0.0436. The van der Waals surface area contributed by atoms with Crippen LogP contribution in [0, 0.1) is 0 Å². The van der Waals surface area contributed by atoms with Crippen LogP contribution in [0.2, 0.25) is 0 Å². The molecule has 1 heterocycles. The van der Waals surface area contributed by atoms with Gasteiger partial charge in [0, 0.05) is 11.5 Å². The molecule has 1 aliphatic heterocycles. The van der Waals surface area contributed by atoms with Crippen LogP contribution in [0.1, 0.15) is 31.7 Å². The van der Waals surface area contributed by atoms with Crippen molar-refractivity contribution in [3.8, 4) is 16.9 Å². The Morgan fingerprint density at radius 1 is 0.969 bits per heavy atom. The van der Waals surface area contributed by atoms with Crippen LogP contribution >= 0.6 is 0 Å². The minimum atomic E-state index is -0.633. The number of ether oxygens (including phenoxy) is 3. The Bertz CT molecular complexity index is 1210. The predicted molar refractivity (Wildman–Crippen MR) is 122 cm³/mol. The lowest BCUT2D eigenvalue weighted by atomic mass is 9.84. The molecule has 0 spiro atoms. The molecule has 0 saturated heterocycles. The zero-order valence-corrected chi connectivity index (χ0v) is 18.1. The number of hydrogen-bond donors (Lipinski definition) is 1. The minimum Gasteiger partial charge on any atom is -0.466 e. The van der Waals surface area contributed by atoms with Crippen molar-refractivity contribution < 1.29 is 23.8 Å². The molecule has 0 saturated carbocycles.